The van der Waals surface area contributed by atoms with Crippen molar-refractivity contribution in [1.82, 2.24) is 10.1 Å². The fraction of sp³-hybridized carbons (Fsp3) is 0.357. The van der Waals surface area contributed by atoms with Gasteiger partial charge in [-0.3, -0.25) is 4.79 Å². The first-order valence-corrected chi connectivity index (χ1v) is 6.17. The summed E-state index contributed by atoms with van der Waals surface area (Å²) in [4.78, 5) is 14.7. The number of hydrogen-bond donors (Lipinski definition) is 0. The summed E-state index contributed by atoms with van der Waals surface area (Å²) < 4.78 is 10.4. The average molecular weight is 262 g/mol. The van der Waals surface area contributed by atoms with Gasteiger partial charge < -0.3 is 9.26 Å². The van der Waals surface area contributed by atoms with Crippen molar-refractivity contribution in [3.8, 4) is 5.75 Å². The van der Waals surface area contributed by atoms with Crippen LogP contribution < -0.4 is 4.74 Å². The van der Waals surface area contributed by atoms with Crippen LogP contribution in [-0.2, 0) is 6.61 Å². The predicted octanol–water partition coefficient (Wildman–Crippen LogP) is 3.10. The predicted molar refractivity (Wildman–Crippen MR) is 71.3 cm³/mol. The highest BCUT2D eigenvalue weighted by Gasteiger charge is 2.04. The molecule has 0 saturated carbocycles. The molecule has 2 rings (SSSR count). The highest BCUT2D eigenvalue weighted by atomic mass is 16.5. The lowest BCUT2D eigenvalue weighted by Gasteiger charge is -2.05. The van der Waals surface area contributed by atoms with E-state index < -0.39 is 0 Å². The third-order valence-corrected chi connectivity index (χ3v) is 2.30. The maximum Gasteiger partial charge on any atom is 0.264 e. The van der Waals surface area contributed by atoms with Crippen molar-refractivity contribution < 1.29 is 14.1 Å². The van der Waals surface area contributed by atoms with Gasteiger partial charge in [-0.15, -0.1) is 0 Å². The summed E-state index contributed by atoms with van der Waals surface area (Å²) in [6.07, 6.45) is 0.820. The van der Waals surface area contributed by atoms with Crippen molar-refractivity contribution in [2.24, 2.45) is 0 Å². The molecule has 5 heteroatoms. The molecule has 0 radical (unpaired) electrons. The SMILES string of the molecule is CC.Cc1noc(COc2ccc(C=O)c(C)c2)n1. The molecule has 1 aromatic heterocycles. The highest BCUT2D eigenvalue weighted by Crippen LogP contribution is 2.17. The summed E-state index contributed by atoms with van der Waals surface area (Å²) in [5.41, 5.74) is 1.53. The Balaban J connectivity index is 0.000000861. The van der Waals surface area contributed by atoms with Crippen LogP contribution in [0.25, 0.3) is 0 Å². The largest absolute Gasteiger partial charge is 0.484 e. The Morgan fingerprint density at radius 2 is 2.05 bits per heavy atom. The number of aldehydes is 1. The summed E-state index contributed by atoms with van der Waals surface area (Å²) in [5.74, 6) is 1.68. The van der Waals surface area contributed by atoms with Crippen molar-refractivity contribution in [2.45, 2.75) is 34.3 Å². The molecule has 1 heterocycles. The molecule has 0 spiro atoms. The van der Waals surface area contributed by atoms with E-state index in [2.05, 4.69) is 10.1 Å². The van der Waals surface area contributed by atoms with Gasteiger partial charge in [0, 0.05) is 5.56 Å². The Hall–Kier alpha value is -2.17. The second-order valence-corrected chi connectivity index (χ2v) is 3.66. The Morgan fingerprint density at radius 3 is 2.58 bits per heavy atom. The van der Waals surface area contributed by atoms with Gasteiger partial charge in [-0.25, -0.2) is 0 Å². The molecule has 0 amide bonds. The van der Waals surface area contributed by atoms with Crippen LogP contribution in [0.1, 0.15) is 41.5 Å². The standard InChI is InChI=1S/C12H12N2O3.C2H6/c1-8-5-11(4-3-10(8)6-15)16-7-12-13-9(2)14-17-12;1-2/h3-6H,7H2,1-2H3;1-2H3. The number of carbonyl (C=O) groups is 1. The molecule has 102 valence electrons. The molecule has 0 atom stereocenters. The molecule has 1 aromatic carbocycles. The zero-order valence-corrected chi connectivity index (χ0v) is 11.6. The van der Waals surface area contributed by atoms with Crippen molar-refractivity contribution >= 4 is 6.29 Å². The molecule has 0 saturated heterocycles. The number of nitrogens with zero attached hydrogens (tertiary/aromatic N) is 2. The van der Waals surface area contributed by atoms with Crippen LogP contribution in [0.2, 0.25) is 0 Å². The lowest BCUT2D eigenvalue weighted by atomic mass is 10.1. The lowest BCUT2D eigenvalue weighted by molar-refractivity contribution is 0.112. The second-order valence-electron chi connectivity index (χ2n) is 3.66. The number of hydrogen-bond acceptors (Lipinski definition) is 5. The smallest absolute Gasteiger partial charge is 0.264 e. The molecule has 2 aromatic rings. The van der Waals surface area contributed by atoms with E-state index in [0.29, 0.717) is 23.0 Å². The molecular weight excluding hydrogens is 244 g/mol. The molecule has 0 N–H and O–H groups in total. The third kappa shape index (κ3) is 4.21. The molecule has 0 fully saturated rings. The molecule has 19 heavy (non-hydrogen) atoms. The van der Waals surface area contributed by atoms with Crippen LogP contribution in [0.3, 0.4) is 0 Å². The van der Waals surface area contributed by atoms with Crippen LogP contribution >= 0.6 is 0 Å². The van der Waals surface area contributed by atoms with Gasteiger partial charge in [0.2, 0.25) is 0 Å². The van der Waals surface area contributed by atoms with Gasteiger partial charge in [0.1, 0.15) is 12.0 Å². The third-order valence-electron chi connectivity index (χ3n) is 2.30. The van der Waals surface area contributed by atoms with Gasteiger partial charge >= 0.3 is 0 Å². The van der Waals surface area contributed by atoms with Crippen LogP contribution in [0.4, 0.5) is 0 Å². The van der Waals surface area contributed by atoms with E-state index >= 15 is 0 Å². The Morgan fingerprint density at radius 1 is 1.32 bits per heavy atom. The highest BCUT2D eigenvalue weighted by molar-refractivity contribution is 5.77. The monoisotopic (exact) mass is 262 g/mol. The number of aryl methyl sites for hydroxylation is 2. The van der Waals surface area contributed by atoms with E-state index in [1.54, 1.807) is 25.1 Å². The summed E-state index contributed by atoms with van der Waals surface area (Å²) in [6.45, 7) is 7.82. The molecule has 0 aliphatic carbocycles. The van der Waals surface area contributed by atoms with Crippen molar-refractivity contribution in [3.05, 3.63) is 41.0 Å². The van der Waals surface area contributed by atoms with Crippen molar-refractivity contribution in [3.63, 3.8) is 0 Å². The van der Waals surface area contributed by atoms with Crippen molar-refractivity contribution in [1.29, 1.82) is 0 Å². The van der Waals surface area contributed by atoms with Gasteiger partial charge in [0.15, 0.2) is 12.4 Å². The van der Waals surface area contributed by atoms with E-state index in [4.69, 9.17) is 9.26 Å². The van der Waals surface area contributed by atoms with Gasteiger partial charge in [-0.05, 0) is 37.6 Å². The topological polar surface area (TPSA) is 65.2 Å². The number of benzene rings is 1. The Kier molecular flexibility index (Phi) is 5.73. The normalized spacial score (nSPS) is 9.47. The number of ether oxygens (including phenoxy) is 1. The van der Waals surface area contributed by atoms with Crippen molar-refractivity contribution in [2.75, 3.05) is 0 Å². The quantitative estimate of drug-likeness (QED) is 0.792. The van der Waals surface area contributed by atoms with Gasteiger partial charge in [0.05, 0.1) is 0 Å². The fourth-order valence-corrected chi connectivity index (χ4v) is 1.41. The molecule has 0 aliphatic rings. The van der Waals surface area contributed by atoms with Gasteiger partial charge in [0.25, 0.3) is 5.89 Å². The van der Waals surface area contributed by atoms with Gasteiger partial charge in [-0.1, -0.05) is 19.0 Å². The zero-order chi connectivity index (χ0) is 14.3. The number of carbonyl (C=O) groups excluding carboxylic acids is 1. The lowest BCUT2D eigenvalue weighted by Crippen LogP contribution is -1.97. The van der Waals surface area contributed by atoms with E-state index in [9.17, 15) is 4.79 Å². The summed E-state index contributed by atoms with van der Waals surface area (Å²) >= 11 is 0. The van der Waals surface area contributed by atoms with E-state index in [-0.39, 0.29) is 6.61 Å². The number of rotatable bonds is 4. The first kappa shape index (κ1) is 14.9. The maximum absolute atomic E-state index is 10.6. The Labute approximate surface area is 112 Å². The second kappa shape index (κ2) is 7.31. The van der Waals surface area contributed by atoms with Crippen LogP contribution in [0, 0.1) is 13.8 Å². The summed E-state index contributed by atoms with van der Waals surface area (Å²) in [6, 6.07) is 5.25. The number of aromatic nitrogens is 2. The molecule has 0 bridgehead atoms. The molecule has 5 nitrogen and oxygen atoms in total. The van der Waals surface area contributed by atoms with E-state index in [1.165, 1.54) is 0 Å². The average Bonchev–Trinajstić information content (AvgIpc) is 2.85. The Bertz CT molecular complexity index is 535. The van der Waals surface area contributed by atoms with Crippen LogP contribution in [0.15, 0.2) is 22.7 Å². The van der Waals surface area contributed by atoms with E-state index in [1.807, 2.05) is 20.8 Å². The van der Waals surface area contributed by atoms with Crippen LogP contribution in [-0.4, -0.2) is 16.4 Å². The van der Waals surface area contributed by atoms with Crippen LogP contribution in [0.5, 0.6) is 5.75 Å². The molecule has 0 aliphatic heterocycles. The fourth-order valence-electron chi connectivity index (χ4n) is 1.41. The van der Waals surface area contributed by atoms with E-state index in [0.717, 1.165) is 11.8 Å². The zero-order valence-electron chi connectivity index (χ0n) is 11.6. The molecule has 0 unspecified atom stereocenters. The minimum absolute atomic E-state index is 0.223. The minimum atomic E-state index is 0.223. The summed E-state index contributed by atoms with van der Waals surface area (Å²) in [7, 11) is 0. The van der Waals surface area contributed by atoms with Gasteiger partial charge in [-0.2, -0.15) is 4.98 Å². The molecular formula is C14H18N2O3. The first-order valence-electron chi connectivity index (χ1n) is 6.17. The minimum Gasteiger partial charge on any atom is -0.484 e. The maximum atomic E-state index is 10.6. The first-order chi connectivity index (χ1) is 9.19. The summed E-state index contributed by atoms with van der Waals surface area (Å²) in [5, 5.41) is 3.66.